The molecule has 0 fully saturated rings. The van der Waals surface area contributed by atoms with Gasteiger partial charge in [-0.3, -0.25) is 4.98 Å². The van der Waals surface area contributed by atoms with Crippen molar-refractivity contribution in [3.8, 4) is 0 Å². The van der Waals surface area contributed by atoms with Crippen LogP contribution in [0.25, 0.3) is 0 Å². The predicted molar refractivity (Wildman–Crippen MR) is 82.6 cm³/mol. The fourth-order valence-electron chi connectivity index (χ4n) is 2.54. The number of aliphatic hydroxyl groups is 1. The molecular formula is C18H23NO. The largest absolute Gasteiger partial charge is 0.380 e. The number of hydrogen-bond acceptors (Lipinski definition) is 2. The quantitative estimate of drug-likeness (QED) is 0.906. The van der Waals surface area contributed by atoms with E-state index in [0.29, 0.717) is 5.92 Å². The molecule has 1 aromatic heterocycles. The summed E-state index contributed by atoms with van der Waals surface area (Å²) in [7, 11) is 0. The zero-order valence-corrected chi connectivity index (χ0v) is 12.7. The van der Waals surface area contributed by atoms with Crippen LogP contribution in [0.2, 0.25) is 0 Å². The second-order valence-electron chi connectivity index (χ2n) is 5.94. The van der Waals surface area contributed by atoms with E-state index >= 15 is 0 Å². The van der Waals surface area contributed by atoms with Gasteiger partial charge in [0.2, 0.25) is 0 Å². The van der Waals surface area contributed by atoms with Gasteiger partial charge >= 0.3 is 0 Å². The number of aromatic nitrogens is 1. The standard InChI is InChI=1S/C18H23NO/c1-13(2)15-7-9-16(10-8-15)18(20,14(3)4)17-6-5-11-19-12-17/h5-14,20H,1-4H3. The molecule has 0 radical (unpaired) electrons. The van der Waals surface area contributed by atoms with Crippen molar-refractivity contribution >= 4 is 0 Å². The molecule has 0 aliphatic heterocycles. The van der Waals surface area contributed by atoms with Crippen molar-refractivity contribution in [3.05, 3.63) is 65.5 Å². The molecule has 2 heteroatoms. The van der Waals surface area contributed by atoms with Crippen LogP contribution >= 0.6 is 0 Å². The van der Waals surface area contributed by atoms with Crippen LogP contribution in [0, 0.1) is 5.92 Å². The Bertz CT molecular complexity index is 545. The lowest BCUT2D eigenvalue weighted by molar-refractivity contribution is 0.0314. The second kappa shape index (κ2) is 5.76. The summed E-state index contributed by atoms with van der Waals surface area (Å²) in [6.45, 7) is 8.41. The van der Waals surface area contributed by atoms with Crippen LogP contribution in [0.5, 0.6) is 0 Å². The number of nitrogens with zero attached hydrogens (tertiary/aromatic N) is 1. The fraction of sp³-hybridized carbons (Fsp3) is 0.389. The fourth-order valence-corrected chi connectivity index (χ4v) is 2.54. The summed E-state index contributed by atoms with van der Waals surface area (Å²) >= 11 is 0. The monoisotopic (exact) mass is 269 g/mol. The van der Waals surface area contributed by atoms with Crippen molar-refractivity contribution in [2.75, 3.05) is 0 Å². The van der Waals surface area contributed by atoms with Crippen LogP contribution in [0.15, 0.2) is 48.8 Å². The van der Waals surface area contributed by atoms with Crippen molar-refractivity contribution in [1.29, 1.82) is 0 Å². The molecule has 1 atom stereocenters. The molecule has 0 amide bonds. The first-order valence-electron chi connectivity index (χ1n) is 7.19. The van der Waals surface area contributed by atoms with Gasteiger partial charge in [-0.25, -0.2) is 0 Å². The maximum atomic E-state index is 11.2. The van der Waals surface area contributed by atoms with Gasteiger partial charge in [-0.05, 0) is 29.0 Å². The number of benzene rings is 1. The van der Waals surface area contributed by atoms with Crippen LogP contribution in [0.4, 0.5) is 0 Å². The van der Waals surface area contributed by atoms with Crippen molar-refractivity contribution in [1.82, 2.24) is 4.98 Å². The van der Waals surface area contributed by atoms with Gasteiger partial charge in [-0.2, -0.15) is 0 Å². The third kappa shape index (κ3) is 2.61. The van der Waals surface area contributed by atoms with E-state index in [0.717, 1.165) is 11.1 Å². The minimum absolute atomic E-state index is 0.0663. The average molecular weight is 269 g/mol. The second-order valence-corrected chi connectivity index (χ2v) is 5.94. The average Bonchev–Trinajstić information content (AvgIpc) is 2.47. The number of hydrogen-bond donors (Lipinski definition) is 1. The summed E-state index contributed by atoms with van der Waals surface area (Å²) in [6.07, 6.45) is 3.47. The smallest absolute Gasteiger partial charge is 0.118 e. The van der Waals surface area contributed by atoms with E-state index in [9.17, 15) is 5.11 Å². The van der Waals surface area contributed by atoms with Gasteiger partial charge in [-0.1, -0.05) is 58.0 Å². The van der Waals surface area contributed by atoms with Gasteiger partial charge < -0.3 is 5.11 Å². The summed E-state index contributed by atoms with van der Waals surface area (Å²) in [5, 5.41) is 11.2. The van der Waals surface area contributed by atoms with Crippen molar-refractivity contribution in [2.24, 2.45) is 5.92 Å². The summed E-state index contributed by atoms with van der Waals surface area (Å²) in [5.41, 5.74) is 2.05. The molecule has 0 aliphatic carbocycles. The lowest BCUT2D eigenvalue weighted by Crippen LogP contribution is -2.33. The molecule has 2 nitrogen and oxygen atoms in total. The SMILES string of the molecule is CC(C)c1ccc(C(O)(c2cccnc2)C(C)C)cc1. The number of pyridine rings is 1. The molecule has 20 heavy (non-hydrogen) atoms. The summed E-state index contributed by atoms with van der Waals surface area (Å²) in [6, 6.07) is 12.1. The van der Waals surface area contributed by atoms with E-state index in [1.54, 1.807) is 12.4 Å². The minimum Gasteiger partial charge on any atom is -0.380 e. The molecule has 1 unspecified atom stereocenters. The van der Waals surface area contributed by atoms with E-state index in [1.807, 2.05) is 38.1 Å². The van der Waals surface area contributed by atoms with E-state index in [2.05, 4.69) is 31.0 Å². The predicted octanol–water partition coefficient (Wildman–Crippen LogP) is 4.10. The maximum absolute atomic E-state index is 11.2. The summed E-state index contributed by atoms with van der Waals surface area (Å²) in [4.78, 5) is 4.14. The van der Waals surface area contributed by atoms with Gasteiger partial charge in [-0.15, -0.1) is 0 Å². The molecule has 0 aliphatic rings. The van der Waals surface area contributed by atoms with Crippen LogP contribution < -0.4 is 0 Å². The molecule has 1 heterocycles. The Morgan fingerprint density at radius 3 is 2.05 bits per heavy atom. The van der Waals surface area contributed by atoms with Crippen LogP contribution in [0.1, 0.15) is 50.3 Å². The van der Waals surface area contributed by atoms with E-state index in [4.69, 9.17) is 0 Å². The summed E-state index contributed by atoms with van der Waals surface area (Å²) in [5.74, 6) is 0.561. The summed E-state index contributed by atoms with van der Waals surface area (Å²) < 4.78 is 0. The minimum atomic E-state index is -0.996. The Labute approximate surface area is 121 Å². The number of rotatable bonds is 4. The van der Waals surface area contributed by atoms with E-state index < -0.39 is 5.60 Å². The van der Waals surface area contributed by atoms with Crippen molar-refractivity contribution < 1.29 is 5.11 Å². The van der Waals surface area contributed by atoms with Gasteiger partial charge in [0.05, 0.1) is 0 Å². The third-order valence-corrected chi connectivity index (χ3v) is 3.95. The zero-order valence-electron chi connectivity index (χ0n) is 12.7. The van der Waals surface area contributed by atoms with Crippen molar-refractivity contribution in [2.45, 2.75) is 39.2 Å². The molecule has 1 N–H and O–H groups in total. The first kappa shape index (κ1) is 14.7. The highest BCUT2D eigenvalue weighted by atomic mass is 16.3. The lowest BCUT2D eigenvalue weighted by Gasteiger charge is -2.33. The first-order valence-corrected chi connectivity index (χ1v) is 7.19. The maximum Gasteiger partial charge on any atom is 0.118 e. The van der Waals surface area contributed by atoms with Crippen LogP contribution in [-0.4, -0.2) is 10.1 Å². The molecule has 106 valence electrons. The van der Waals surface area contributed by atoms with Crippen LogP contribution in [-0.2, 0) is 5.60 Å². The van der Waals surface area contributed by atoms with Gasteiger partial charge in [0.15, 0.2) is 0 Å². The molecule has 2 rings (SSSR count). The third-order valence-electron chi connectivity index (χ3n) is 3.95. The molecule has 0 bridgehead atoms. The Hall–Kier alpha value is -1.67. The molecule has 2 aromatic rings. The van der Waals surface area contributed by atoms with E-state index in [-0.39, 0.29) is 5.92 Å². The van der Waals surface area contributed by atoms with Crippen LogP contribution in [0.3, 0.4) is 0 Å². The van der Waals surface area contributed by atoms with Crippen molar-refractivity contribution in [3.63, 3.8) is 0 Å². The van der Waals surface area contributed by atoms with Gasteiger partial charge in [0.1, 0.15) is 5.60 Å². The molecular weight excluding hydrogens is 246 g/mol. The Morgan fingerprint density at radius 2 is 1.60 bits per heavy atom. The normalized spacial score (nSPS) is 14.6. The highest BCUT2D eigenvalue weighted by Crippen LogP contribution is 2.36. The molecule has 0 saturated heterocycles. The highest BCUT2D eigenvalue weighted by Gasteiger charge is 2.35. The molecule has 0 spiro atoms. The zero-order chi connectivity index (χ0) is 14.8. The van der Waals surface area contributed by atoms with Gasteiger partial charge in [0, 0.05) is 18.0 Å². The topological polar surface area (TPSA) is 33.1 Å². The van der Waals surface area contributed by atoms with E-state index in [1.165, 1.54) is 5.56 Å². The Kier molecular flexibility index (Phi) is 4.24. The lowest BCUT2D eigenvalue weighted by atomic mass is 9.78. The first-order chi connectivity index (χ1) is 9.46. The highest BCUT2D eigenvalue weighted by molar-refractivity contribution is 5.37. The Balaban J connectivity index is 2.48. The Morgan fingerprint density at radius 1 is 0.950 bits per heavy atom. The van der Waals surface area contributed by atoms with Gasteiger partial charge in [0.25, 0.3) is 0 Å². The molecule has 0 saturated carbocycles. The molecule has 1 aromatic carbocycles.